The zero-order chi connectivity index (χ0) is 22.0. The number of urea groups is 1. The first-order valence-corrected chi connectivity index (χ1v) is 8.99. The molecule has 0 bridgehead atoms. The van der Waals surface area contributed by atoms with Gasteiger partial charge in [0.2, 0.25) is 5.75 Å². The van der Waals surface area contributed by atoms with Gasteiger partial charge in [-0.05, 0) is 36.8 Å². The highest BCUT2D eigenvalue weighted by molar-refractivity contribution is 6.31. The molecule has 0 spiro atoms. The number of halogens is 1. The van der Waals surface area contributed by atoms with Gasteiger partial charge in [0.1, 0.15) is 0 Å². The number of allylic oxidation sites excluding steroid dienone is 1. The summed E-state index contributed by atoms with van der Waals surface area (Å²) >= 11 is 5.95. The average Bonchev–Trinajstić information content (AvgIpc) is 2.67. The normalized spacial score (nSPS) is 15.8. The van der Waals surface area contributed by atoms with Gasteiger partial charge in [0, 0.05) is 22.5 Å². The van der Waals surface area contributed by atoms with E-state index < -0.39 is 34.3 Å². The topological polar surface area (TPSA) is 143 Å². The van der Waals surface area contributed by atoms with Crippen molar-refractivity contribution in [3.63, 3.8) is 0 Å². The van der Waals surface area contributed by atoms with Crippen LogP contribution in [0, 0.1) is 10.1 Å². The van der Waals surface area contributed by atoms with E-state index in [9.17, 15) is 24.8 Å². The highest BCUT2D eigenvalue weighted by Gasteiger charge is 2.33. The molecule has 1 atom stereocenters. The number of aromatic hydroxyl groups is 1. The Balaban J connectivity index is 2.07. The van der Waals surface area contributed by atoms with Crippen LogP contribution < -0.4 is 20.7 Å². The summed E-state index contributed by atoms with van der Waals surface area (Å²) in [6.07, 6.45) is 0. The molecule has 30 heavy (non-hydrogen) atoms. The lowest BCUT2D eigenvalue weighted by Gasteiger charge is -2.29. The minimum atomic E-state index is -1.04. The number of amides is 3. The molecule has 0 unspecified atom stereocenters. The number of nitro groups is 1. The van der Waals surface area contributed by atoms with E-state index in [1.807, 2.05) is 0 Å². The maximum atomic E-state index is 13.0. The Morgan fingerprint density at radius 1 is 1.33 bits per heavy atom. The fraction of sp³-hybridized carbons (Fsp3) is 0.158. The number of rotatable bonds is 5. The quantitative estimate of drug-likeness (QED) is 0.422. The van der Waals surface area contributed by atoms with Crippen LogP contribution in [0.2, 0.25) is 5.02 Å². The molecule has 4 N–H and O–H groups in total. The number of benzene rings is 2. The summed E-state index contributed by atoms with van der Waals surface area (Å²) in [7, 11) is 1.23. The minimum Gasteiger partial charge on any atom is -0.500 e. The third kappa shape index (κ3) is 4.13. The van der Waals surface area contributed by atoms with Gasteiger partial charge < -0.3 is 25.8 Å². The highest BCUT2D eigenvalue weighted by atomic mass is 35.5. The predicted molar refractivity (Wildman–Crippen MR) is 109 cm³/mol. The van der Waals surface area contributed by atoms with Crippen LogP contribution in [0.5, 0.6) is 11.5 Å². The van der Waals surface area contributed by atoms with Gasteiger partial charge in [0.25, 0.3) is 5.91 Å². The van der Waals surface area contributed by atoms with Crippen LogP contribution in [0.4, 0.5) is 16.2 Å². The molecular formula is C19H17ClN4O6. The highest BCUT2D eigenvalue weighted by Crippen LogP contribution is 2.40. The number of phenolic OH excluding ortho intramolecular Hbond substituents is 1. The number of hydrogen-bond acceptors (Lipinski definition) is 6. The largest absolute Gasteiger partial charge is 0.500 e. The van der Waals surface area contributed by atoms with Crippen LogP contribution in [-0.4, -0.2) is 29.1 Å². The Bertz CT molecular complexity index is 1080. The van der Waals surface area contributed by atoms with E-state index >= 15 is 0 Å². The fourth-order valence-electron chi connectivity index (χ4n) is 3.08. The Kier molecular flexibility index (Phi) is 5.79. The van der Waals surface area contributed by atoms with E-state index in [0.29, 0.717) is 10.7 Å². The minimum absolute atomic E-state index is 0.122. The van der Waals surface area contributed by atoms with Gasteiger partial charge in [0.15, 0.2) is 5.75 Å². The Morgan fingerprint density at radius 3 is 2.70 bits per heavy atom. The van der Waals surface area contributed by atoms with Crippen LogP contribution in [0.1, 0.15) is 18.5 Å². The number of anilines is 1. The molecule has 0 radical (unpaired) electrons. The lowest BCUT2D eigenvalue weighted by atomic mass is 9.94. The van der Waals surface area contributed by atoms with E-state index in [-0.39, 0.29) is 22.6 Å². The second-order valence-electron chi connectivity index (χ2n) is 6.38. The molecular weight excluding hydrogens is 416 g/mol. The first-order chi connectivity index (χ1) is 14.2. The molecule has 1 heterocycles. The van der Waals surface area contributed by atoms with E-state index in [1.54, 1.807) is 24.3 Å². The SMILES string of the molecule is COc1cc([C@@H]2NC(=O)NC(C)=C2C(=O)Nc2cccc(Cl)c2)cc([N+](=O)[O-])c1O. The van der Waals surface area contributed by atoms with Gasteiger partial charge >= 0.3 is 11.7 Å². The summed E-state index contributed by atoms with van der Waals surface area (Å²) in [6, 6.07) is 7.26. The summed E-state index contributed by atoms with van der Waals surface area (Å²) in [5, 5.41) is 29.5. The number of methoxy groups -OCH3 is 1. The molecule has 1 aliphatic heterocycles. The van der Waals surface area contributed by atoms with E-state index in [0.717, 1.165) is 6.07 Å². The third-order valence-electron chi connectivity index (χ3n) is 4.42. The van der Waals surface area contributed by atoms with Gasteiger partial charge in [-0.25, -0.2) is 4.79 Å². The summed E-state index contributed by atoms with van der Waals surface area (Å²) in [6.45, 7) is 1.53. The van der Waals surface area contributed by atoms with Crippen molar-refractivity contribution in [2.45, 2.75) is 13.0 Å². The molecule has 0 aliphatic carbocycles. The van der Waals surface area contributed by atoms with Crippen LogP contribution >= 0.6 is 11.6 Å². The molecule has 1 aliphatic rings. The molecule has 0 saturated carbocycles. The van der Waals surface area contributed by atoms with Crippen molar-refractivity contribution >= 4 is 34.9 Å². The molecule has 3 amide bonds. The number of ether oxygens (including phenoxy) is 1. The second kappa shape index (κ2) is 8.29. The molecule has 2 aromatic rings. The maximum Gasteiger partial charge on any atom is 0.319 e. The first kappa shape index (κ1) is 20.9. The third-order valence-corrected chi connectivity index (χ3v) is 4.66. The lowest BCUT2D eigenvalue weighted by molar-refractivity contribution is -0.386. The van der Waals surface area contributed by atoms with Crippen LogP contribution in [0.3, 0.4) is 0 Å². The Morgan fingerprint density at radius 2 is 2.07 bits per heavy atom. The van der Waals surface area contributed by atoms with Gasteiger partial charge in [-0.2, -0.15) is 0 Å². The molecule has 3 rings (SSSR count). The van der Waals surface area contributed by atoms with Gasteiger partial charge in [-0.3, -0.25) is 14.9 Å². The molecule has 156 valence electrons. The van der Waals surface area contributed by atoms with E-state index in [4.69, 9.17) is 16.3 Å². The molecule has 0 aromatic heterocycles. The van der Waals surface area contributed by atoms with E-state index in [1.165, 1.54) is 20.1 Å². The fourth-order valence-corrected chi connectivity index (χ4v) is 3.28. The summed E-state index contributed by atoms with van der Waals surface area (Å²) < 4.78 is 5.01. The van der Waals surface area contributed by atoms with Crippen molar-refractivity contribution < 1.29 is 24.4 Å². The van der Waals surface area contributed by atoms with Gasteiger partial charge in [-0.15, -0.1) is 0 Å². The summed E-state index contributed by atoms with van der Waals surface area (Å²) in [4.78, 5) is 35.6. The van der Waals surface area contributed by atoms with Crippen molar-refractivity contribution in [2.24, 2.45) is 0 Å². The number of phenols is 1. The van der Waals surface area contributed by atoms with Crippen LogP contribution in [0.15, 0.2) is 47.7 Å². The van der Waals surface area contributed by atoms with Crippen molar-refractivity contribution in [1.29, 1.82) is 0 Å². The zero-order valence-electron chi connectivity index (χ0n) is 15.9. The van der Waals surface area contributed by atoms with Crippen molar-refractivity contribution in [1.82, 2.24) is 10.6 Å². The predicted octanol–water partition coefficient (Wildman–Crippen LogP) is 3.23. The molecule has 11 heteroatoms. The zero-order valence-corrected chi connectivity index (χ0v) is 16.6. The van der Waals surface area contributed by atoms with Crippen LogP contribution in [0.25, 0.3) is 0 Å². The van der Waals surface area contributed by atoms with Gasteiger partial charge in [0.05, 0.1) is 23.6 Å². The molecule has 10 nitrogen and oxygen atoms in total. The van der Waals surface area contributed by atoms with Crippen molar-refractivity contribution in [3.05, 3.63) is 68.4 Å². The van der Waals surface area contributed by atoms with Crippen LogP contribution in [-0.2, 0) is 4.79 Å². The van der Waals surface area contributed by atoms with Gasteiger partial charge in [-0.1, -0.05) is 17.7 Å². The summed E-state index contributed by atoms with van der Waals surface area (Å²) in [5.74, 6) is -1.38. The number of carbonyl (C=O) groups is 2. The second-order valence-corrected chi connectivity index (χ2v) is 6.82. The monoisotopic (exact) mass is 432 g/mol. The Labute approximate surface area is 175 Å². The lowest BCUT2D eigenvalue weighted by Crippen LogP contribution is -2.46. The van der Waals surface area contributed by atoms with E-state index in [2.05, 4.69) is 16.0 Å². The summed E-state index contributed by atoms with van der Waals surface area (Å²) in [5.41, 5.74) is 0.374. The number of nitrogens with one attached hydrogen (secondary N) is 3. The molecule has 2 aromatic carbocycles. The molecule has 0 saturated heterocycles. The van der Waals surface area contributed by atoms with Crippen molar-refractivity contribution in [2.75, 3.05) is 12.4 Å². The first-order valence-electron chi connectivity index (χ1n) is 8.61. The average molecular weight is 433 g/mol. The smallest absolute Gasteiger partial charge is 0.319 e. The molecule has 0 fully saturated rings. The number of hydrogen-bond donors (Lipinski definition) is 4. The maximum absolute atomic E-state index is 13.0. The number of nitrogens with zero attached hydrogens (tertiary/aromatic N) is 1. The standard InChI is InChI=1S/C19H17ClN4O6/c1-9-15(18(26)22-12-5-3-4-11(20)8-12)16(23-19(27)21-9)10-6-13(24(28)29)17(25)14(7-10)30-2/h3-8,16,25H,1-2H3,(H,22,26)(H2,21,23,27)/t16-/m0/s1. The number of carbonyl (C=O) groups excluding carboxylic acids is 2. The van der Waals surface area contributed by atoms with Crippen molar-refractivity contribution in [3.8, 4) is 11.5 Å². The Hall–Kier alpha value is -3.79. The number of nitro benzene ring substituents is 1.